The van der Waals surface area contributed by atoms with Crippen LogP contribution in [0.3, 0.4) is 0 Å². The van der Waals surface area contributed by atoms with Crippen LogP contribution in [0, 0.1) is 5.41 Å². The highest BCUT2D eigenvalue weighted by Crippen LogP contribution is 2.46. The van der Waals surface area contributed by atoms with Gasteiger partial charge in [-0.1, -0.05) is 0 Å². The molecule has 0 aromatic carbocycles. The third-order valence-electron chi connectivity index (χ3n) is 4.61. The predicted octanol–water partition coefficient (Wildman–Crippen LogP) is 1.74. The maximum absolute atomic E-state index is 12.3. The molecule has 5 heteroatoms. The van der Waals surface area contributed by atoms with Gasteiger partial charge in [-0.3, -0.25) is 4.79 Å². The number of carbonyl (C=O) groups is 1. The fraction of sp³-hybridized carbons (Fsp3) is 0.733. The molecular weight excluding hydrogens is 254 g/mol. The Balaban J connectivity index is 1.52. The summed E-state index contributed by atoms with van der Waals surface area (Å²) >= 11 is 0. The number of nitrogens with one attached hydrogen (secondary N) is 1. The Morgan fingerprint density at radius 2 is 2.25 bits per heavy atom. The number of ether oxygens (including phenoxy) is 1. The van der Waals surface area contributed by atoms with Crippen molar-refractivity contribution in [2.45, 2.75) is 51.2 Å². The smallest absolute Gasteiger partial charge is 0.251 e. The van der Waals surface area contributed by atoms with Crippen LogP contribution in [-0.4, -0.2) is 34.2 Å². The minimum absolute atomic E-state index is 0.0501. The standard InChI is InChI=1S/C15H23N3O2/c1-14(4-2-3-9-20-14)13(19)17-10-15(5-6-15)11-18-8-7-16-12-18/h7-8,12H,2-6,9-11H2,1H3,(H,17,19)/t14-/m0/s1. The summed E-state index contributed by atoms with van der Waals surface area (Å²) in [5, 5.41) is 3.11. The Kier molecular flexibility index (Phi) is 3.54. The van der Waals surface area contributed by atoms with E-state index in [4.69, 9.17) is 4.74 Å². The van der Waals surface area contributed by atoms with Gasteiger partial charge in [0.05, 0.1) is 6.33 Å². The summed E-state index contributed by atoms with van der Waals surface area (Å²) in [6.45, 7) is 4.29. The first kappa shape index (κ1) is 13.6. The summed E-state index contributed by atoms with van der Waals surface area (Å²) in [6, 6.07) is 0. The number of hydrogen-bond acceptors (Lipinski definition) is 3. The van der Waals surface area contributed by atoms with Gasteiger partial charge in [-0.05, 0) is 39.0 Å². The average molecular weight is 277 g/mol. The predicted molar refractivity (Wildman–Crippen MR) is 75.1 cm³/mol. The van der Waals surface area contributed by atoms with E-state index in [1.54, 1.807) is 6.20 Å². The lowest BCUT2D eigenvalue weighted by molar-refractivity contribution is -0.150. The van der Waals surface area contributed by atoms with Crippen molar-refractivity contribution in [3.63, 3.8) is 0 Å². The van der Waals surface area contributed by atoms with Gasteiger partial charge in [0.15, 0.2) is 0 Å². The molecule has 110 valence electrons. The van der Waals surface area contributed by atoms with Crippen molar-refractivity contribution in [1.29, 1.82) is 0 Å². The molecule has 1 saturated carbocycles. The molecule has 0 spiro atoms. The molecule has 1 aromatic heterocycles. The molecule has 1 saturated heterocycles. The van der Waals surface area contributed by atoms with E-state index in [9.17, 15) is 4.79 Å². The Labute approximate surface area is 119 Å². The third-order valence-corrected chi connectivity index (χ3v) is 4.61. The van der Waals surface area contributed by atoms with Gasteiger partial charge >= 0.3 is 0 Å². The van der Waals surface area contributed by atoms with Crippen LogP contribution in [0.5, 0.6) is 0 Å². The SMILES string of the molecule is C[C@@]1(C(=O)NCC2(Cn3ccnc3)CC2)CCCCO1. The van der Waals surface area contributed by atoms with Gasteiger partial charge in [-0.2, -0.15) is 0 Å². The van der Waals surface area contributed by atoms with Crippen molar-refractivity contribution >= 4 is 5.91 Å². The van der Waals surface area contributed by atoms with Gasteiger partial charge in [0.2, 0.25) is 0 Å². The van der Waals surface area contributed by atoms with E-state index in [-0.39, 0.29) is 11.3 Å². The van der Waals surface area contributed by atoms with Gasteiger partial charge in [0.1, 0.15) is 5.60 Å². The lowest BCUT2D eigenvalue weighted by Crippen LogP contribution is -2.50. The maximum Gasteiger partial charge on any atom is 0.251 e. The molecule has 1 aliphatic carbocycles. The largest absolute Gasteiger partial charge is 0.365 e. The van der Waals surface area contributed by atoms with Crippen LogP contribution in [0.2, 0.25) is 0 Å². The molecule has 20 heavy (non-hydrogen) atoms. The Morgan fingerprint density at radius 1 is 1.40 bits per heavy atom. The molecular formula is C15H23N3O2. The van der Waals surface area contributed by atoms with Crippen LogP contribution >= 0.6 is 0 Å². The number of imidazole rings is 1. The van der Waals surface area contributed by atoms with Crippen molar-refractivity contribution in [3.05, 3.63) is 18.7 Å². The monoisotopic (exact) mass is 277 g/mol. The first-order valence-corrected chi connectivity index (χ1v) is 7.50. The molecule has 1 aromatic rings. The summed E-state index contributed by atoms with van der Waals surface area (Å²) in [7, 11) is 0. The molecule has 2 aliphatic rings. The van der Waals surface area contributed by atoms with Crippen molar-refractivity contribution < 1.29 is 9.53 Å². The first-order valence-electron chi connectivity index (χ1n) is 7.50. The molecule has 2 heterocycles. The van der Waals surface area contributed by atoms with Crippen LogP contribution in [0.4, 0.5) is 0 Å². The topological polar surface area (TPSA) is 56.2 Å². The quantitative estimate of drug-likeness (QED) is 0.892. The summed E-state index contributed by atoms with van der Waals surface area (Å²) in [5.74, 6) is 0.0501. The first-order chi connectivity index (χ1) is 9.62. The Hall–Kier alpha value is -1.36. The van der Waals surface area contributed by atoms with Gasteiger partial charge in [-0.15, -0.1) is 0 Å². The lowest BCUT2D eigenvalue weighted by atomic mass is 9.94. The van der Waals surface area contributed by atoms with Crippen molar-refractivity contribution in [3.8, 4) is 0 Å². The van der Waals surface area contributed by atoms with E-state index >= 15 is 0 Å². The summed E-state index contributed by atoms with van der Waals surface area (Å²) < 4.78 is 7.79. The third kappa shape index (κ3) is 2.87. The second kappa shape index (κ2) is 5.20. The normalized spacial score (nSPS) is 28.1. The van der Waals surface area contributed by atoms with E-state index < -0.39 is 5.60 Å². The summed E-state index contributed by atoms with van der Waals surface area (Å²) in [4.78, 5) is 16.4. The van der Waals surface area contributed by atoms with Gasteiger partial charge in [0, 0.05) is 37.5 Å². The molecule has 2 fully saturated rings. The molecule has 1 amide bonds. The van der Waals surface area contributed by atoms with Gasteiger partial charge < -0.3 is 14.6 Å². The van der Waals surface area contributed by atoms with E-state index in [1.165, 1.54) is 12.8 Å². The molecule has 1 aliphatic heterocycles. The highest BCUT2D eigenvalue weighted by atomic mass is 16.5. The van der Waals surface area contributed by atoms with Gasteiger partial charge in [0.25, 0.3) is 5.91 Å². The van der Waals surface area contributed by atoms with Crippen LogP contribution in [0.15, 0.2) is 18.7 Å². The van der Waals surface area contributed by atoms with Crippen LogP contribution in [0.25, 0.3) is 0 Å². The summed E-state index contributed by atoms with van der Waals surface area (Å²) in [5.41, 5.74) is -0.398. The van der Waals surface area contributed by atoms with E-state index in [2.05, 4.69) is 14.9 Å². The fourth-order valence-electron chi connectivity index (χ4n) is 2.90. The lowest BCUT2D eigenvalue weighted by Gasteiger charge is -2.33. The zero-order valence-corrected chi connectivity index (χ0v) is 12.1. The minimum atomic E-state index is -0.622. The highest BCUT2D eigenvalue weighted by Gasteiger charge is 2.44. The molecule has 3 rings (SSSR count). The van der Waals surface area contributed by atoms with Crippen LogP contribution in [-0.2, 0) is 16.1 Å². The van der Waals surface area contributed by atoms with Crippen molar-refractivity contribution in [2.24, 2.45) is 5.41 Å². The molecule has 1 atom stereocenters. The minimum Gasteiger partial charge on any atom is -0.365 e. The van der Waals surface area contributed by atoms with E-state index in [1.807, 2.05) is 19.4 Å². The second-order valence-electron chi connectivity index (χ2n) is 6.45. The highest BCUT2D eigenvalue weighted by molar-refractivity contribution is 5.84. The number of carbonyl (C=O) groups excluding carboxylic acids is 1. The molecule has 0 radical (unpaired) electrons. The van der Waals surface area contributed by atoms with Crippen molar-refractivity contribution in [1.82, 2.24) is 14.9 Å². The van der Waals surface area contributed by atoms with Crippen molar-refractivity contribution in [2.75, 3.05) is 13.2 Å². The van der Waals surface area contributed by atoms with Crippen LogP contribution in [0.1, 0.15) is 39.0 Å². The number of nitrogens with zero attached hydrogens (tertiary/aromatic N) is 2. The number of amides is 1. The number of hydrogen-bond donors (Lipinski definition) is 1. The van der Waals surface area contributed by atoms with Crippen LogP contribution < -0.4 is 5.32 Å². The average Bonchev–Trinajstić information content (AvgIpc) is 3.01. The number of aromatic nitrogens is 2. The zero-order valence-electron chi connectivity index (χ0n) is 12.1. The summed E-state index contributed by atoms with van der Waals surface area (Å²) in [6.07, 6.45) is 10.9. The second-order valence-corrected chi connectivity index (χ2v) is 6.45. The molecule has 0 unspecified atom stereocenters. The Morgan fingerprint density at radius 3 is 2.85 bits per heavy atom. The van der Waals surface area contributed by atoms with E-state index in [0.717, 1.165) is 32.4 Å². The maximum atomic E-state index is 12.3. The van der Waals surface area contributed by atoms with Gasteiger partial charge in [-0.25, -0.2) is 4.98 Å². The molecule has 5 nitrogen and oxygen atoms in total. The molecule has 0 bridgehead atoms. The fourth-order valence-corrected chi connectivity index (χ4v) is 2.90. The number of rotatable bonds is 5. The van der Waals surface area contributed by atoms with E-state index in [0.29, 0.717) is 6.61 Å². The Bertz CT molecular complexity index is 459. The zero-order chi connectivity index (χ0) is 14.1. The molecule has 1 N–H and O–H groups in total.